The van der Waals surface area contributed by atoms with Crippen LogP contribution in [-0.4, -0.2) is 24.0 Å². The van der Waals surface area contributed by atoms with Crippen LogP contribution in [0.15, 0.2) is 24.3 Å². The molecule has 0 aliphatic carbocycles. The predicted octanol–water partition coefficient (Wildman–Crippen LogP) is 2.39. The molecule has 0 saturated heterocycles. The van der Waals surface area contributed by atoms with Crippen molar-refractivity contribution in [1.82, 2.24) is 10.2 Å². The van der Waals surface area contributed by atoms with E-state index in [0.717, 1.165) is 26.2 Å². The van der Waals surface area contributed by atoms with Crippen LogP contribution < -0.4 is 5.32 Å². The molecule has 2 nitrogen and oxygen atoms in total. The maximum absolute atomic E-state index is 3.40. The first-order valence-electron chi connectivity index (χ1n) is 6.32. The lowest BCUT2D eigenvalue weighted by atomic mass is 10.1. The second-order valence-corrected chi connectivity index (χ2v) is 4.66. The van der Waals surface area contributed by atoms with E-state index in [1.807, 2.05) is 0 Å². The van der Waals surface area contributed by atoms with Gasteiger partial charge < -0.3 is 5.32 Å². The molecule has 1 aromatic carbocycles. The summed E-state index contributed by atoms with van der Waals surface area (Å²) in [6.45, 7) is 8.96. The van der Waals surface area contributed by atoms with Crippen molar-refractivity contribution in [3.63, 3.8) is 0 Å². The first-order valence-corrected chi connectivity index (χ1v) is 6.32. The Balaban J connectivity index is 1.86. The molecular weight excluding hydrogens is 196 g/mol. The van der Waals surface area contributed by atoms with Crippen molar-refractivity contribution in [2.45, 2.75) is 39.4 Å². The second kappa shape index (κ2) is 5.46. The van der Waals surface area contributed by atoms with Crippen molar-refractivity contribution in [3.8, 4) is 0 Å². The van der Waals surface area contributed by atoms with Crippen LogP contribution in [0.2, 0.25) is 0 Å². The molecule has 1 N–H and O–H groups in total. The molecule has 16 heavy (non-hydrogen) atoms. The van der Waals surface area contributed by atoms with E-state index in [-0.39, 0.29) is 0 Å². The van der Waals surface area contributed by atoms with Gasteiger partial charge in [-0.2, -0.15) is 0 Å². The Hall–Kier alpha value is -0.860. The summed E-state index contributed by atoms with van der Waals surface area (Å²) in [6.07, 6.45) is 1.24. The van der Waals surface area contributed by atoms with Gasteiger partial charge in [0.15, 0.2) is 0 Å². The van der Waals surface area contributed by atoms with E-state index in [4.69, 9.17) is 0 Å². The lowest BCUT2D eigenvalue weighted by Gasteiger charge is -2.23. The van der Waals surface area contributed by atoms with Gasteiger partial charge in [-0.1, -0.05) is 31.2 Å². The zero-order valence-electron chi connectivity index (χ0n) is 10.4. The lowest BCUT2D eigenvalue weighted by Crippen LogP contribution is -2.31. The van der Waals surface area contributed by atoms with E-state index in [9.17, 15) is 0 Å². The second-order valence-electron chi connectivity index (χ2n) is 4.66. The largest absolute Gasteiger partial charge is 0.317 e. The highest BCUT2D eigenvalue weighted by Crippen LogP contribution is 2.24. The van der Waals surface area contributed by atoms with Gasteiger partial charge in [0.05, 0.1) is 0 Å². The minimum absolute atomic E-state index is 0.673. The standard InChI is InChI=1S/C14H22N2/c1-3-15-9-8-12(2)16-10-13-6-4-5-7-14(13)11-16/h4-7,12,15H,3,8-11H2,1-2H3. The van der Waals surface area contributed by atoms with Crippen LogP contribution in [-0.2, 0) is 13.1 Å². The van der Waals surface area contributed by atoms with Crippen LogP contribution in [0.1, 0.15) is 31.4 Å². The van der Waals surface area contributed by atoms with E-state index in [0.29, 0.717) is 6.04 Å². The SMILES string of the molecule is CCNCCC(C)N1Cc2ccccc2C1. The highest BCUT2D eigenvalue weighted by atomic mass is 15.2. The third kappa shape index (κ3) is 2.63. The fourth-order valence-corrected chi connectivity index (χ4v) is 2.34. The summed E-state index contributed by atoms with van der Waals surface area (Å²) in [6, 6.07) is 9.47. The van der Waals surface area contributed by atoms with Gasteiger partial charge in [0.2, 0.25) is 0 Å². The van der Waals surface area contributed by atoms with Gasteiger partial charge in [0, 0.05) is 19.1 Å². The first kappa shape index (κ1) is 11.6. The first-order chi connectivity index (χ1) is 7.81. The van der Waals surface area contributed by atoms with Crippen molar-refractivity contribution in [2.75, 3.05) is 13.1 Å². The van der Waals surface area contributed by atoms with Crippen LogP contribution in [0.4, 0.5) is 0 Å². The molecule has 1 aliphatic rings. The van der Waals surface area contributed by atoms with Gasteiger partial charge in [-0.25, -0.2) is 0 Å². The molecule has 2 heteroatoms. The Bertz CT molecular complexity index is 310. The monoisotopic (exact) mass is 218 g/mol. The molecule has 1 unspecified atom stereocenters. The van der Waals surface area contributed by atoms with Gasteiger partial charge in [-0.15, -0.1) is 0 Å². The summed E-state index contributed by atoms with van der Waals surface area (Å²) in [5.41, 5.74) is 3.02. The number of hydrogen-bond acceptors (Lipinski definition) is 2. The Labute approximate surface area is 98.7 Å². The smallest absolute Gasteiger partial charge is 0.0243 e. The summed E-state index contributed by atoms with van der Waals surface area (Å²) in [7, 11) is 0. The summed E-state index contributed by atoms with van der Waals surface area (Å²) >= 11 is 0. The Morgan fingerprint density at radius 1 is 1.25 bits per heavy atom. The fraction of sp³-hybridized carbons (Fsp3) is 0.571. The van der Waals surface area contributed by atoms with Crippen LogP contribution in [0.5, 0.6) is 0 Å². The van der Waals surface area contributed by atoms with Gasteiger partial charge >= 0.3 is 0 Å². The molecule has 0 fully saturated rings. The molecule has 2 rings (SSSR count). The molecule has 88 valence electrons. The third-order valence-electron chi connectivity index (χ3n) is 3.48. The number of nitrogens with one attached hydrogen (secondary N) is 1. The number of fused-ring (bicyclic) bond motifs is 1. The summed E-state index contributed by atoms with van der Waals surface area (Å²) < 4.78 is 0. The van der Waals surface area contributed by atoms with Crippen LogP contribution in [0, 0.1) is 0 Å². The third-order valence-corrected chi connectivity index (χ3v) is 3.48. The van der Waals surface area contributed by atoms with Gasteiger partial charge in [-0.05, 0) is 37.6 Å². The van der Waals surface area contributed by atoms with E-state index in [1.54, 1.807) is 0 Å². The molecule has 0 saturated carbocycles. The van der Waals surface area contributed by atoms with Crippen molar-refractivity contribution >= 4 is 0 Å². The van der Waals surface area contributed by atoms with Crippen molar-refractivity contribution < 1.29 is 0 Å². The molecular formula is C14H22N2. The Morgan fingerprint density at radius 2 is 1.88 bits per heavy atom. The van der Waals surface area contributed by atoms with Crippen LogP contribution in [0.3, 0.4) is 0 Å². The summed E-state index contributed by atoms with van der Waals surface area (Å²) in [5, 5.41) is 3.40. The van der Waals surface area contributed by atoms with Crippen molar-refractivity contribution in [3.05, 3.63) is 35.4 Å². The van der Waals surface area contributed by atoms with Crippen LogP contribution >= 0.6 is 0 Å². The molecule has 1 aliphatic heterocycles. The summed E-state index contributed by atoms with van der Waals surface area (Å²) in [5.74, 6) is 0. The van der Waals surface area contributed by atoms with E-state index < -0.39 is 0 Å². The summed E-state index contributed by atoms with van der Waals surface area (Å²) in [4.78, 5) is 2.57. The van der Waals surface area contributed by atoms with Crippen molar-refractivity contribution in [2.24, 2.45) is 0 Å². The van der Waals surface area contributed by atoms with Gasteiger partial charge in [0.25, 0.3) is 0 Å². The molecule has 1 heterocycles. The highest BCUT2D eigenvalue weighted by Gasteiger charge is 2.21. The molecule has 1 atom stereocenters. The van der Waals surface area contributed by atoms with Crippen molar-refractivity contribution in [1.29, 1.82) is 0 Å². The maximum atomic E-state index is 3.40. The minimum Gasteiger partial charge on any atom is -0.317 e. The molecule has 0 radical (unpaired) electrons. The quantitative estimate of drug-likeness (QED) is 0.763. The minimum atomic E-state index is 0.673. The van der Waals surface area contributed by atoms with E-state index in [1.165, 1.54) is 17.5 Å². The zero-order valence-corrected chi connectivity index (χ0v) is 10.4. The van der Waals surface area contributed by atoms with Crippen LogP contribution in [0.25, 0.3) is 0 Å². The van der Waals surface area contributed by atoms with E-state index in [2.05, 4.69) is 48.3 Å². The Morgan fingerprint density at radius 3 is 2.44 bits per heavy atom. The van der Waals surface area contributed by atoms with Gasteiger partial charge in [0.1, 0.15) is 0 Å². The van der Waals surface area contributed by atoms with E-state index >= 15 is 0 Å². The highest BCUT2D eigenvalue weighted by molar-refractivity contribution is 5.30. The number of rotatable bonds is 5. The number of hydrogen-bond donors (Lipinski definition) is 1. The topological polar surface area (TPSA) is 15.3 Å². The molecule has 1 aromatic rings. The average molecular weight is 218 g/mol. The fourth-order valence-electron chi connectivity index (χ4n) is 2.34. The molecule has 0 spiro atoms. The molecule has 0 bridgehead atoms. The number of benzene rings is 1. The number of nitrogens with zero attached hydrogens (tertiary/aromatic N) is 1. The predicted molar refractivity (Wildman–Crippen MR) is 68.3 cm³/mol. The molecule has 0 aromatic heterocycles. The van der Waals surface area contributed by atoms with Gasteiger partial charge in [-0.3, -0.25) is 4.90 Å². The molecule has 0 amide bonds. The lowest BCUT2D eigenvalue weighted by molar-refractivity contribution is 0.202. The zero-order chi connectivity index (χ0) is 11.4. The maximum Gasteiger partial charge on any atom is 0.0243 e. The average Bonchev–Trinajstić information content (AvgIpc) is 2.73. The normalized spacial score (nSPS) is 17.4. The Kier molecular flexibility index (Phi) is 3.97.